The molecule has 21 heavy (non-hydrogen) atoms. The summed E-state index contributed by atoms with van der Waals surface area (Å²) in [5.74, 6) is 0.295. The zero-order chi connectivity index (χ0) is 15.8. The van der Waals surface area contributed by atoms with Gasteiger partial charge in [0.05, 0.1) is 4.92 Å². The third-order valence-corrected chi connectivity index (χ3v) is 4.07. The van der Waals surface area contributed by atoms with Gasteiger partial charge in [-0.2, -0.15) is 0 Å². The van der Waals surface area contributed by atoms with Crippen LogP contribution in [0.5, 0.6) is 0 Å². The van der Waals surface area contributed by atoms with Crippen LogP contribution < -0.4 is 0 Å². The van der Waals surface area contributed by atoms with Gasteiger partial charge in [0.25, 0.3) is 19.9 Å². The lowest BCUT2D eigenvalue weighted by Gasteiger charge is -2.08. The van der Waals surface area contributed by atoms with E-state index < -0.39 is 14.0 Å². The molecule has 0 bridgehead atoms. The largest absolute Gasteiger partial charge is 0.297 e. The molecule has 0 saturated carbocycles. The van der Waals surface area contributed by atoms with Gasteiger partial charge in [0, 0.05) is 34.9 Å². The number of benzene rings is 1. The van der Waals surface area contributed by atoms with Gasteiger partial charge >= 0.3 is 0 Å². The molecule has 0 radical (unpaired) electrons. The highest BCUT2D eigenvalue weighted by atomic mass is 35.7. The molecular formula is C11H11ClN4O4S. The van der Waals surface area contributed by atoms with Crippen molar-refractivity contribution in [2.45, 2.75) is 25.5 Å². The van der Waals surface area contributed by atoms with E-state index in [0.29, 0.717) is 23.5 Å². The van der Waals surface area contributed by atoms with E-state index in [1.165, 1.54) is 22.8 Å². The maximum absolute atomic E-state index is 11.4. The molecule has 0 spiro atoms. The highest BCUT2D eigenvalue weighted by Gasteiger charge is 2.23. The second-order valence-corrected chi connectivity index (χ2v) is 6.70. The van der Waals surface area contributed by atoms with Crippen molar-refractivity contribution in [2.75, 3.05) is 0 Å². The smallest absolute Gasteiger partial charge is 0.296 e. The minimum Gasteiger partial charge on any atom is -0.297 e. The summed E-state index contributed by atoms with van der Waals surface area (Å²) >= 11 is 0. The Balaban J connectivity index is 2.63. The van der Waals surface area contributed by atoms with Crippen molar-refractivity contribution in [3.63, 3.8) is 0 Å². The second kappa shape index (κ2) is 5.41. The summed E-state index contributed by atoms with van der Waals surface area (Å²) in [7, 11) is 1.30. The standard InChI is InChI=1S/C11H11ClN4O4S/c1-3-15-10(13-14-11(15)21(12,19)20)9-5-4-8(16(17)18)6-7(9)2/h4-6H,3H2,1-2H3. The molecule has 112 valence electrons. The molecule has 2 aromatic rings. The average Bonchev–Trinajstić information content (AvgIpc) is 2.81. The van der Waals surface area contributed by atoms with Crippen LogP contribution in [0.25, 0.3) is 11.4 Å². The van der Waals surface area contributed by atoms with Crippen molar-refractivity contribution >= 4 is 25.4 Å². The molecule has 0 N–H and O–H groups in total. The first kappa shape index (κ1) is 15.4. The van der Waals surface area contributed by atoms with Gasteiger partial charge in [-0.25, -0.2) is 8.42 Å². The van der Waals surface area contributed by atoms with Crippen molar-refractivity contribution in [2.24, 2.45) is 0 Å². The van der Waals surface area contributed by atoms with Gasteiger partial charge in [0.15, 0.2) is 5.82 Å². The molecule has 0 unspecified atom stereocenters. The van der Waals surface area contributed by atoms with E-state index in [1.54, 1.807) is 13.8 Å². The van der Waals surface area contributed by atoms with Crippen LogP contribution in [0.3, 0.4) is 0 Å². The summed E-state index contributed by atoms with van der Waals surface area (Å²) in [6.07, 6.45) is 0. The highest BCUT2D eigenvalue weighted by Crippen LogP contribution is 2.27. The molecule has 0 aliphatic rings. The first-order chi connectivity index (χ1) is 9.75. The Bertz CT molecular complexity index is 816. The van der Waals surface area contributed by atoms with E-state index in [-0.39, 0.29) is 10.8 Å². The van der Waals surface area contributed by atoms with Gasteiger partial charge in [-0.15, -0.1) is 10.2 Å². The molecule has 8 nitrogen and oxygen atoms in total. The quantitative estimate of drug-likeness (QED) is 0.482. The molecule has 10 heteroatoms. The van der Waals surface area contributed by atoms with Gasteiger partial charge in [-0.3, -0.25) is 14.7 Å². The van der Waals surface area contributed by atoms with Crippen LogP contribution in [0.2, 0.25) is 0 Å². The molecule has 1 heterocycles. The molecule has 1 aromatic carbocycles. The lowest BCUT2D eigenvalue weighted by molar-refractivity contribution is -0.384. The third kappa shape index (κ3) is 2.88. The van der Waals surface area contributed by atoms with Crippen molar-refractivity contribution in [1.82, 2.24) is 14.8 Å². The Kier molecular flexibility index (Phi) is 3.97. The Morgan fingerprint density at radius 1 is 1.38 bits per heavy atom. The van der Waals surface area contributed by atoms with E-state index in [0.717, 1.165) is 0 Å². The molecule has 0 saturated heterocycles. The SMILES string of the molecule is CCn1c(-c2ccc([N+](=O)[O-])cc2C)nnc1S(=O)(=O)Cl. The predicted molar refractivity (Wildman–Crippen MR) is 75.6 cm³/mol. The first-order valence-electron chi connectivity index (χ1n) is 5.89. The van der Waals surface area contributed by atoms with Crippen LogP contribution >= 0.6 is 10.7 Å². The predicted octanol–water partition coefficient (Wildman–Crippen LogP) is 2.11. The van der Waals surface area contributed by atoms with Crippen LogP contribution in [0, 0.1) is 17.0 Å². The number of hydrogen-bond donors (Lipinski definition) is 0. The lowest BCUT2D eigenvalue weighted by atomic mass is 10.1. The van der Waals surface area contributed by atoms with Crippen molar-refractivity contribution in [1.29, 1.82) is 0 Å². The monoisotopic (exact) mass is 330 g/mol. The summed E-state index contributed by atoms with van der Waals surface area (Å²) in [5, 5.41) is 17.8. The topological polar surface area (TPSA) is 108 Å². The fourth-order valence-electron chi connectivity index (χ4n) is 1.97. The third-order valence-electron chi connectivity index (χ3n) is 2.91. The fraction of sp³-hybridized carbons (Fsp3) is 0.273. The number of hydrogen-bond acceptors (Lipinski definition) is 6. The fourth-order valence-corrected chi connectivity index (χ4v) is 2.93. The van der Waals surface area contributed by atoms with Crippen LogP contribution in [0.15, 0.2) is 23.4 Å². The van der Waals surface area contributed by atoms with Gasteiger partial charge in [-0.1, -0.05) is 0 Å². The summed E-state index contributed by atoms with van der Waals surface area (Å²) in [6, 6.07) is 4.22. The number of rotatable bonds is 4. The number of aromatic nitrogens is 3. The zero-order valence-corrected chi connectivity index (χ0v) is 12.7. The van der Waals surface area contributed by atoms with Gasteiger partial charge in [0.2, 0.25) is 0 Å². The summed E-state index contributed by atoms with van der Waals surface area (Å²) < 4.78 is 24.2. The lowest BCUT2D eigenvalue weighted by Crippen LogP contribution is -2.06. The number of halogens is 1. The maximum Gasteiger partial charge on any atom is 0.296 e. The Hall–Kier alpha value is -2.00. The maximum atomic E-state index is 11.4. The van der Waals surface area contributed by atoms with E-state index in [2.05, 4.69) is 10.2 Å². The average molecular weight is 331 g/mol. The Morgan fingerprint density at radius 2 is 2.05 bits per heavy atom. The van der Waals surface area contributed by atoms with Gasteiger partial charge in [0.1, 0.15) is 0 Å². The Morgan fingerprint density at radius 3 is 2.52 bits per heavy atom. The number of nitrogens with zero attached hydrogens (tertiary/aromatic N) is 4. The summed E-state index contributed by atoms with van der Waals surface area (Å²) in [6.45, 7) is 3.69. The summed E-state index contributed by atoms with van der Waals surface area (Å²) in [5.41, 5.74) is 1.09. The number of non-ortho nitro benzene ring substituents is 1. The summed E-state index contributed by atoms with van der Waals surface area (Å²) in [4.78, 5) is 10.2. The number of aryl methyl sites for hydroxylation is 1. The normalized spacial score (nSPS) is 11.6. The molecule has 0 aliphatic carbocycles. The van der Waals surface area contributed by atoms with Gasteiger partial charge in [-0.05, 0) is 25.5 Å². The van der Waals surface area contributed by atoms with E-state index >= 15 is 0 Å². The van der Waals surface area contributed by atoms with Crippen molar-refractivity contribution in [3.8, 4) is 11.4 Å². The highest BCUT2D eigenvalue weighted by molar-refractivity contribution is 8.13. The molecule has 0 fully saturated rings. The molecule has 0 aliphatic heterocycles. The molecule has 1 aromatic heterocycles. The van der Waals surface area contributed by atoms with Crippen molar-refractivity contribution < 1.29 is 13.3 Å². The molecular weight excluding hydrogens is 320 g/mol. The zero-order valence-electron chi connectivity index (χ0n) is 11.1. The van der Waals surface area contributed by atoms with Crippen LogP contribution in [0.4, 0.5) is 5.69 Å². The van der Waals surface area contributed by atoms with E-state index in [4.69, 9.17) is 10.7 Å². The van der Waals surface area contributed by atoms with Crippen LogP contribution in [0.1, 0.15) is 12.5 Å². The van der Waals surface area contributed by atoms with Crippen LogP contribution in [-0.4, -0.2) is 28.1 Å². The second-order valence-electron chi connectivity index (χ2n) is 4.24. The minimum absolute atomic E-state index is 0.0518. The molecule has 2 rings (SSSR count). The first-order valence-corrected chi connectivity index (χ1v) is 8.20. The van der Waals surface area contributed by atoms with Crippen molar-refractivity contribution in [3.05, 3.63) is 33.9 Å². The minimum atomic E-state index is -4.01. The van der Waals surface area contributed by atoms with E-state index in [9.17, 15) is 18.5 Å². The number of nitro benzene ring substituents is 1. The number of nitro groups is 1. The van der Waals surface area contributed by atoms with E-state index in [1.807, 2.05) is 0 Å². The molecule has 0 amide bonds. The molecule has 0 atom stereocenters. The van der Waals surface area contributed by atoms with Crippen LogP contribution in [-0.2, 0) is 15.6 Å². The van der Waals surface area contributed by atoms with Gasteiger partial charge < -0.3 is 0 Å². The Labute approximate surface area is 124 Å².